The van der Waals surface area contributed by atoms with Crippen molar-refractivity contribution in [2.75, 3.05) is 0 Å². The SMILES string of the molecule is O=[N+]([O-])c1cc2c(cc1I)[C@@H]1[C@H]([C@@H]3[C@H]2[C@@]2(Cl)C(Cl)=C(Cl)[C@@]3(Cl)C2(Cl)Cl)[C@@]2(Cl)C(Cl)=C(Cl)[C@@]1(Cl)C2(Cl)Cl. The average Bonchev–Trinajstić information content (AvgIpc) is 3.12. The molecule has 0 spiro atoms. The molecule has 5 aliphatic carbocycles. The molecule has 4 bridgehead atoms. The molecule has 8 atom stereocenters. The Hall–Kier alpha value is 2.31. The predicted octanol–water partition coefficient (Wildman–Crippen LogP) is 10.3. The van der Waals surface area contributed by atoms with E-state index in [9.17, 15) is 10.1 Å². The molecule has 16 heteroatoms. The summed E-state index contributed by atoms with van der Waals surface area (Å²) in [6.45, 7) is 0. The molecule has 3 nitrogen and oxygen atoms in total. The minimum absolute atomic E-state index is 0.0418. The van der Waals surface area contributed by atoms with Crippen LogP contribution in [0.15, 0.2) is 32.3 Å². The second-order valence-electron chi connectivity index (χ2n) is 9.45. The number of fused-ring (bicyclic) bond motifs is 14. The predicted molar refractivity (Wildman–Crippen MR) is 159 cm³/mol. The molecule has 0 radical (unpaired) electrons. The maximum Gasteiger partial charge on any atom is 0.282 e. The molecule has 0 unspecified atom stereocenters. The highest BCUT2D eigenvalue weighted by Gasteiger charge is 2.91. The van der Waals surface area contributed by atoms with Crippen LogP contribution in [0.25, 0.3) is 0 Å². The molecule has 2 fully saturated rings. The first-order valence-corrected chi connectivity index (χ1v) is 15.5. The van der Waals surface area contributed by atoms with Gasteiger partial charge in [-0.1, -0.05) is 92.8 Å². The summed E-state index contributed by atoms with van der Waals surface area (Å²) < 4.78 is -3.63. The molecule has 0 heterocycles. The standard InChI is InChI=1S/C20H6Cl12INO2/c21-11-13(23)17(27)9-7(15(11,25)19(17,29)30)3-1-5(33)6(34(35)36)2-4(3)8-10(9)18(28)14(24)12(22)16(8,26)20(18,31)32/h1-2,7-10H/t7-,8+,9-,10+,15-,16-,17-,18-/m1/s1. The number of nitrogens with zero attached hydrogens (tertiary/aromatic N) is 1. The van der Waals surface area contributed by atoms with Crippen LogP contribution >= 0.6 is 162 Å². The summed E-state index contributed by atoms with van der Waals surface area (Å²) in [5, 5.41) is 11.7. The van der Waals surface area contributed by atoms with Crippen molar-refractivity contribution >= 4 is 167 Å². The number of nitro groups is 1. The summed E-state index contributed by atoms with van der Waals surface area (Å²) in [5.74, 6) is -3.55. The number of hydrogen-bond acceptors (Lipinski definition) is 2. The Kier molecular flexibility index (Phi) is 6.18. The van der Waals surface area contributed by atoms with Gasteiger partial charge in [0, 0.05) is 29.7 Å². The number of benzene rings is 1. The van der Waals surface area contributed by atoms with Crippen molar-refractivity contribution in [1.29, 1.82) is 0 Å². The zero-order chi connectivity index (χ0) is 26.9. The summed E-state index contributed by atoms with van der Waals surface area (Å²) in [5.41, 5.74) is 0.713. The van der Waals surface area contributed by atoms with E-state index >= 15 is 0 Å². The number of halogens is 13. The lowest BCUT2D eigenvalue weighted by molar-refractivity contribution is -0.385. The Morgan fingerprint density at radius 3 is 1.36 bits per heavy atom. The smallest absolute Gasteiger partial charge is 0.258 e. The molecule has 36 heavy (non-hydrogen) atoms. The van der Waals surface area contributed by atoms with Gasteiger partial charge in [-0.25, -0.2) is 0 Å². The minimum Gasteiger partial charge on any atom is -0.258 e. The second kappa shape index (κ2) is 7.82. The number of nitro benzene ring substituents is 1. The molecule has 5 aliphatic rings. The lowest BCUT2D eigenvalue weighted by Crippen LogP contribution is -2.53. The van der Waals surface area contributed by atoms with Gasteiger partial charge < -0.3 is 0 Å². The van der Waals surface area contributed by atoms with E-state index in [4.69, 9.17) is 139 Å². The van der Waals surface area contributed by atoms with Crippen LogP contribution in [0.2, 0.25) is 0 Å². The Morgan fingerprint density at radius 1 is 0.667 bits per heavy atom. The lowest BCUT2D eigenvalue weighted by atomic mass is 9.57. The van der Waals surface area contributed by atoms with E-state index in [1.165, 1.54) is 6.07 Å². The largest absolute Gasteiger partial charge is 0.282 e. The maximum absolute atomic E-state index is 11.9. The zero-order valence-electron chi connectivity index (χ0n) is 16.6. The molecule has 2 saturated carbocycles. The van der Waals surface area contributed by atoms with Gasteiger partial charge in [-0.2, -0.15) is 0 Å². The highest BCUT2D eigenvalue weighted by molar-refractivity contribution is 14.1. The third kappa shape index (κ3) is 2.51. The number of hydrogen-bond donors (Lipinski definition) is 0. The van der Waals surface area contributed by atoms with E-state index in [1.807, 2.05) is 22.6 Å². The van der Waals surface area contributed by atoms with E-state index < -0.39 is 56.8 Å². The van der Waals surface area contributed by atoms with Crippen molar-refractivity contribution < 1.29 is 4.92 Å². The van der Waals surface area contributed by atoms with Crippen molar-refractivity contribution in [2.24, 2.45) is 11.8 Å². The maximum atomic E-state index is 11.9. The Bertz CT molecular complexity index is 1400. The van der Waals surface area contributed by atoms with Crippen LogP contribution < -0.4 is 0 Å². The van der Waals surface area contributed by atoms with Crippen molar-refractivity contribution in [2.45, 2.75) is 40.0 Å². The van der Waals surface area contributed by atoms with E-state index in [1.54, 1.807) is 6.07 Å². The molecule has 194 valence electrons. The molecule has 1 aromatic carbocycles. The summed E-state index contributed by atoms with van der Waals surface area (Å²) in [4.78, 5) is 4.26. The van der Waals surface area contributed by atoms with Crippen molar-refractivity contribution in [3.63, 3.8) is 0 Å². The van der Waals surface area contributed by atoms with Gasteiger partial charge in [-0.15, -0.1) is 46.4 Å². The van der Waals surface area contributed by atoms with Crippen molar-refractivity contribution in [3.8, 4) is 0 Å². The molecule has 0 N–H and O–H groups in total. The molecule has 0 aliphatic heterocycles. The topological polar surface area (TPSA) is 43.1 Å². The van der Waals surface area contributed by atoms with Crippen LogP contribution in [0, 0.1) is 25.5 Å². The molecular formula is C20H6Cl12INO2. The second-order valence-corrected chi connectivity index (χ2v) is 17.2. The monoisotopic (exact) mass is 839 g/mol. The highest BCUT2D eigenvalue weighted by Crippen LogP contribution is 2.88. The van der Waals surface area contributed by atoms with Crippen molar-refractivity contribution in [1.82, 2.24) is 0 Å². The molecule has 0 aromatic heterocycles. The fourth-order valence-electron chi connectivity index (χ4n) is 7.05. The van der Waals surface area contributed by atoms with E-state index in [0.717, 1.165) is 0 Å². The summed E-state index contributed by atoms with van der Waals surface area (Å²) >= 11 is 85.2. The number of alkyl halides is 8. The number of allylic oxidation sites excluding steroid dienone is 4. The van der Waals surface area contributed by atoms with Crippen LogP contribution in [0.3, 0.4) is 0 Å². The van der Waals surface area contributed by atoms with Crippen molar-refractivity contribution in [3.05, 3.63) is 57.1 Å². The quantitative estimate of drug-likeness (QED) is 0.122. The first-order valence-electron chi connectivity index (χ1n) is 9.93. The van der Waals surface area contributed by atoms with E-state index in [-0.39, 0.29) is 25.8 Å². The zero-order valence-corrected chi connectivity index (χ0v) is 27.9. The molecular weight excluding hydrogens is 839 g/mol. The third-order valence-electron chi connectivity index (χ3n) is 8.39. The molecule has 0 amide bonds. The van der Waals surface area contributed by atoms with Gasteiger partial charge in [0.1, 0.15) is 19.5 Å². The number of rotatable bonds is 1. The third-order valence-corrected chi connectivity index (χ3v) is 17.8. The van der Waals surface area contributed by atoms with E-state index in [2.05, 4.69) is 0 Å². The Labute approximate surface area is 278 Å². The van der Waals surface area contributed by atoms with Crippen LogP contribution in [0.4, 0.5) is 5.69 Å². The van der Waals surface area contributed by atoms with Crippen LogP contribution in [-0.4, -0.2) is 33.1 Å². The van der Waals surface area contributed by atoms with Crippen LogP contribution in [0.5, 0.6) is 0 Å². The fourth-order valence-corrected chi connectivity index (χ4v) is 13.8. The summed E-state index contributed by atoms with van der Waals surface area (Å²) in [7, 11) is 0. The Morgan fingerprint density at radius 2 is 1.00 bits per heavy atom. The molecule has 1 aromatic rings. The van der Waals surface area contributed by atoms with Gasteiger partial charge in [0.05, 0.1) is 28.6 Å². The Balaban J connectivity index is 1.80. The van der Waals surface area contributed by atoms with Crippen LogP contribution in [-0.2, 0) is 0 Å². The van der Waals surface area contributed by atoms with Gasteiger partial charge in [0.15, 0.2) is 8.67 Å². The van der Waals surface area contributed by atoms with Crippen LogP contribution in [0.1, 0.15) is 23.0 Å². The average molecular weight is 845 g/mol. The van der Waals surface area contributed by atoms with Gasteiger partial charge >= 0.3 is 0 Å². The minimum atomic E-state index is -1.99. The first-order chi connectivity index (χ1) is 16.3. The highest BCUT2D eigenvalue weighted by atomic mass is 127. The summed E-state index contributed by atoms with van der Waals surface area (Å²) in [6, 6.07) is 2.99. The molecule has 6 rings (SSSR count). The lowest BCUT2D eigenvalue weighted by Gasteiger charge is -2.52. The van der Waals surface area contributed by atoms with Gasteiger partial charge in [-0.05, 0) is 39.8 Å². The fraction of sp³-hybridized carbons (Fsp3) is 0.500. The normalized spacial score (nSPS) is 46.8. The van der Waals surface area contributed by atoms with Gasteiger partial charge in [-0.3, -0.25) is 10.1 Å². The van der Waals surface area contributed by atoms with Gasteiger partial charge in [0.25, 0.3) is 5.69 Å². The van der Waals surface area contributed by atoms with E-state index in [0.29, 0.717) is 14.7 Å². The van der Waals surface area contributed by atoms with Gasteiger partial charge in [0.2, 0.25) is 0 Å². The molecule has 0 saturated heterocycles. The summed E-state index contributed by atoms with van der Waals surface area (Å²) in [6.07, 6.45) is 0. The first kappa shape index (κ1) is 28.4.